The van der Waals surface area contributed by atoms with Crippen LogP contribution in [0.5, 0.6) is 0 Å². The van der Waals surface area contributed by atoms with Gasteiger partial charge in [0.15, 0.2) is 11.6 Å². The Labute approximate surface area is 166 Å². The molecule has 0 saturated carbocycles. The summed E-state index contributed by atoms with van der Waals surface area (Å²) in [5.41, 5.74) is 1.84. The first-order valence-corrected chi connectivity index (χ1v) is 9.06. The molecule has 146 valence electrons. The Morgan fingerprint density at radius 1 is 1.10 bits per heavy atom. The lowest BCUT2D eigenvalue weighted by Crippen LogP contribution is -2.13. The lowest BCUT2D eigenvalue weighted by molar-refractivity contribution is 0.102. The van der Waals surface area contributed by atoms with E-state index in [9.17, 15) is 4.79 Å². The standard InChI is InChI=1S/C20H19N7O2/c1-13(2)27-12-21-25-19(27)16-7-4-8-17(23-16)24-20(28)14-5-3-6-15(11-14)22-18-9-10-29-26-18/h3-13H,1-2H3,(H,22,26)(H,23,24,28). The maximum Gasteiger partial charge on any atom is 0.256 e. The van der Waals surface area contributed by atoms with Crippen LogP contribution < -0.4 is 10.6 Å². The van der Waals surface area contributed by atoms with Gasteiger partial charge in [0.25, 0.3) is 5.91 Å². The van der Waals surface area contributed by atoms with Gasteiger partial charge in [-0.25, -0.2) is 4.98 Å². The van der Waals surface area contributed by atoms with Crippen molar-refractivity contribution in [3.05, 3.63) is 66.7 Å². The minimum absolute atomic E-state index is 0.194. The molecule has 3 heterocycles. The minimum Gasteiger partial charge on any atom is -0.363 e. The first kappa shape index (κ1) is 18.4. The highest BCUT2D eigenvalue weighted by Crippen LogP contribution is 2.21. The topological polar surface area (TPSA) is 111 Å². The fourth-order valence-corrected chi connectivity index (χ4v) is 2.78. The molecule has 0 spiro atoms. The maximum absolute atomic E-state index is 12.7. The fourth-order valence-electron chi connectivity index (χ4n) is 2.78. The van der Waals surface area contributed by atoms with Gasteiger partial charge in [0.2, 0.25) is 0 Å². The van der Waals surface area contributed by atoms with Crippen molar-refractivity contribution in [1.29, 1.82) is 0 Å². The van der Waals surface area contributed by atoms with Gasteiger partial charge in [0.1, 0.15) is 24.1 Å². The Morgan fingerprint density at radius 2 is 1.97 bits per heavy atom. The van der Waals surface area contributed by atoms with Gasteiger partial charge in [0, 0.05) is 23.4 Å². The predicted octanol–water partition coefficient (Wildman–Crippen LogP) is 3.90. The highest BCUT2D eigenvalue weighted by Gasteiger charge is 2.13. The van der Waals surface area contributed by atoms with E-state index in [-0.39, 0.29) is 11.9 Å². The predicted molar refractivity (Wildman–Crippen MR) is 108 cm³/mol. The zero-order chi connectivity index (χ0) is 20.2. The molecular formula is C20H19N7O2. The Morgan fingerprint density at radius 3 is 2.76 bits per heavy atom. The quantitative estimate of drug-likeness (QED) is 0.514. The van der Waals surface area contributed by atoms with Crippen LogP contribution in [0, 0.1) is 0 Å². The Bertz CT molecular complexity index is 1120. The van der Waals surface area contributed by atoms with Crippen LogP contribution in [0.15, 0.2) is 65.6 Å². The number of rotatable bonds is 6. The summed E-state index contributed by atoms with van der Waals surface area (Å²) >= 11 is 0. The van der Waals surface area contributed by atoms with Crippen LogP contribution in [-0.4, -0.2) is 30.8 Å². The number of amides is 1. The van der Waals surface area contributed by atoms with Crippen LogP contribution >= 0.6 is 0 Å². The summed E-state index contributed by atoms with van der Waals surface area (Å²) < 4.78 is 6.72. The second-order valence-electron chi connectivity index (χ2n) is 6.61. The monoisotopic (exact) mass is 389 g/mol. The highest BCUT2D eigenvalue weighted by atomic mass is 16.5. The maximum atomic E-state index is 12.7. The molecule has 0 radical (unpaired) electrons. The van der Waals surface area contributed by atoms with E-state index in [0.29, 0.717) is 28.7 Å². The van der Waals surface area contributed by atoms with Crippen LogP contribution in [0.4, 0.5) is 17.3 Å². The molecule has 1 amide bonds. The molecule has 0 atom stereocenters. The zero-order valence-corrected chi connectivity index (χ0v) is 15.9. The van der Waals surface area contributed by atoms with Gasteiger partial charge in [-0.15, -0.1) is 10.2 Å². The van der Waals surface area contributed by atoms with E-state index in [1.165, 1.54) is 6.26 Å². The first-order chi connectivity index (χ1) is 14.1. The number of benzene rings is 1. The summed E-state index contributed by atoms with van der Waals surface area (Å²) in [6.07, 6.45) is 3.14. The van der Waals surface area contributed by atoms with E-state index in [1.54, 1.807) is 36.7 Å². The van der Waals surface area contributed by atoms with E-state index in [2.05, 4.69) is 31.0 Å². The first-order valence-electron chi connectivity index (χ1n) is 9.06. The van der Waals surface area contributed by atoms with Gasteiger partial charge >= 0.3 is 0 Å². The van der Waals surface area contributed by atoms with E-state index in [0.717, 1.165) is 5.69 Å². The molecule has 0 bridgehead atoms. The van der Waals surface area contributed by atoms with Crippen molar-refractivity contribution in [3.63, 3.8) is 0 Å². The number of anilines is 3. The summed E-state index contributed by atoms with van der Waals surface area (Å²) in [7, 11) is 0. The van der Waals surface area contributed by atoms with Crippen molar-refractivity contribution in [2.45, 2.75) is 19.9 Å². The van der Waals surface area contributed by atoms with Crippen LogP contribution in [0.2, 0.25) is 0 Å². The van der Waals surface area contributed by atoms with Gasteiger partial charge in [-0.3, -0.25) is 4.79 Å². The minimum atomic E-state index is -0.274. The molecule has 29 heavy (non-hydrogen) atoms. The van der Waals surface area contributed by atoms with Crippen molar-refractivity contribution >= 4 is 23.2 Å². The number of carbonyl (C=O) groups is 1. The number of aromatic nitrogens is 5. The molecular weight excluding hydrogens is 370 g/mol. The summed E-state index contributed by atoms with van der Waals surface area (Å²) in [6.45, 7) is 4.08. The average molecular weight is 389 g/mol. The number of pyridine rings is 1. The molecule has 0 aliphatic rings. The summed E-state index contributed by atoms with van der Waals surface area (Å²) in [6, 6.07) is 14.3. The highest BCUT2D eigenvalue weighted by molar-refractivity contribution is 6.04. The van der Waals surface area contributed by atoms with Crippen LogP contribution in [0.25, 0.3) is 11.5 Å². The molecule has 2 N–H and O–H groups in total. The number of nitrogens with zero attached hydrogens (tertiary/aromatic N) is 5. The normalized spacial score (nSPS) is 10.9. The number of carbonyl (C=O) groups excluding carboxylic acids is 1. The summed E-state index contributed by atoms with van der Waals surface area (Å²) in [4.78, 5) is 17.2. The third-order valence-corrected chi connectivity index (χ3v) is 4.18. The number of hydrogen-bond acceptors (Lipinski definition) is 7. The van der Waals surface area contributed by atoms with Crippen molar-refractivity contribution < 1.29 is 9.32 Å². The molecule has 4 rings (SSSR count). The van der Waals surface area contributed by atoms with Crippen molar-refractivity contribution in [3.8, 4) is 11.5 Å². The zero-order valence-electron chi connectivity index (χ0n) is 15.9. The van der Waals surface area contributed by atoms with Crippen LogP contribution in [0.1, 0.15) is 30.2 Å². The average Bonchev–Trinajstić information content (AvgIpc) is 3.40. The lowest BCUT2D eigenvalue weighted by Gasteiger charge is -2.11. The van der Waals surface area contributed by atoms with E-state index in [4.69, 9.17) is 4.52 Å². The van der Waals surface area contributed by atoms with Gasteiger partial charge in [-0.05, 0) is 44.2 Å². The van der Waals surface area contributed by atoms with E-state index >= 15 is 0 Å². The molecule has 1 aromatic carbocycles. The Kier molecular flexibility index (Phi) is 5.02. The van der Waals surface area contributed by atoms with Crippen molar-refractivity contribution in [2.75, 3.05) is 10.6 Å². The molecule has 0 saturated heterocycles. The van der Waals surface area contributed by atoms with Gasteiger partial charge in [-0.2, -0.15) is 0 Å². The van der Waals surface area contributed by atoms with Gasteiger partial charge < -0.3 is 19.7 Å². The van der Waals surface area contributed by atoms with Crippen LogP contribution in [0.3, 0.4) is 0 Å². The molecule has 0 fully saturated rings. The van der Waals surface area contributed by atoms with E-state index < -0.39 is 0 Å². The second-order valence-corrected chi connectivity index (χ2v) is 6.61. The summed E-state index contributed by atoms with van der Waals surface area (Å²) in [5.74, 6) is 1.37. The second kappa shape index (κ2) is 7.93. The SMILES string of the molecule is CC(C)n1cnnc1-c1cccc(NC(=O)c2cccc(Nc3ccon3)c2)n1. The largest absolute Gasteiger partial charge is 0.363 e. The number of hydrogen-bond donors (Lipinski definition) is 2. The Balaban J connectivity index is 1.52. The third kappa shape index (κ3) is 4.13. The smallest absolute Gasteiger partial charge is 0.256 e. The third-order valence-electron chi connectivity index (χ3n) is 4.18. The molecule has 3 aromatic heterocycles. The van der Waals surface area contributed by atoms with Crippen molar-refractivity contribution in [2.24, 2.45) is 0 Å². The molecule has 9 nitrogen and oxygen atoms in total. The Hall–Kier alpha value is -4.01. The molecule has 0 aliphatic carbocycles. The van der Waals surface area contributed by atoms with Crippen molar-refractivity contribution in [1.82, 2.24) is 24.9 Å². The number of nitrogens with one attached hydrogen (secondary N) is 2. The van der Waals surface area contributed by atoms with E-state index in [1.807, 2.05) is 36.6 Å². The molecule has 0 unspecified atom stereocenters. The molecule has 9 heteroatoms. The fraction of sp³-hybridized carbons (Fsp3) is 0.150. The van der Waals surface area contributed by atoms with Gasteiger partial charge in [-0.1, -0.05) is 17.3 Å². The molecule has 4 aromatic rings. The molecule has 0 aliphatic heterocycles. The lowest BCUT2D eigenvalue weighted by atomic mass is 10.2. The van der Waals surface area contributed by atoms with Gasteiger partial charge in [0.05, 0.1) is 0 Å². The van der Waals surface area contributed by atoms with Crippen LogP contribution in [-0.2, 0) is 0 Å². The summed E-state index contributed by atoms with van der Waals surface area (Å²) in [5, 5.41) is 17.8.